The predicted molar refractivity (Wildman–Crippen MR) is 24.5 cm³/mol. The fourth-order valence-corrected chi connectivity index (χ4v) is 0.897. The zero-order valence-corrected chi connectivity index (χ0v) is 4.44. The van der Waals surface area contributed by atoms with Gasteiger partial charge in [0.1, 0.15) is 13.6 Å². The van der Waals surface area contributed by atoms with Crippen LogP contribution in [0, 0.1) is 0 Å². The van der Waals surface area contributed by atoms with E-state index >= 15 is 0 Å². The molecular weight excluding hydrogens is 95.0 g/mol. The summed E-state index contributed by atoms with van der Waals surface area (Å²) in [6.07, 6.45) is 1.73. The number of aromatic amines is 1. The van der Waals surface area contributed by atoms with E-state index in [-0.39, 0.29) is 7.69 Å². The summed E-state index contributed by atoms with van der Waals surface area (Å²) < 4.78 is 4.01. The van der Waals surface area contributed by atoms with Crippen LogP contribution in [-0.2, 0) is 6.66 Å². The average Bonchev–Trinajstić information content (AvgIpc) is 1.86. The van der Waals surface area contributed by atoms with E-state index in [1.807, 2.05) is 5.93 Å². The highest BCUT2D eigenvalue weighted by Gasteiger charge is 1.86. The molecule has 1 rings (SSSR count). The van der Waals surface area contributed by atoms with Gasteiger partial charge in [-0.15, -0.1) is 0 Å². The first-order valence-corrected chi connectivity index (χ1v) is 3.55. The lowest BCUT2D eigenvalue weighted by Gasteiger charge is -1.54. The van der Waals surface area contributed by atoms with Crippen LogP contribution >= 0.6 is 7.69 Å². The summed E-state index contributed by atoms with van der Waals surface area (Å²) in [4.78, 5) is 2.88. The highest BCUT2D eigenvalue weighted by molar-refractivity contribution is 7.42. The second kappa shape index (κ2) is 1.39. The molecule has 0 spiro atoms. The third-order valence-electron chi connectivity index (χ3n) is 0.576. The largest absolute Gasteiger partial charge is 0.287 e. The minimum absolute atomic E-state index is 0.132. The van der Waals surface area contributed by atoms with Gasteiger partial charge in [0.2, 0.25) is 0 Å². The smallest absolute Gasteiger partial charge is 0.243 e. The molecule has 1 heterocycles. The van der Waals surface area contributed by atoms with Crippen molar-refractivity contribution in [3.63, 3.8) is 0 Å². The summed E-state index contributed by atoms with van der Waals surface area (Å²) in [6, 6.07) is 0. The van der Waals surface area contributed by atoms with E-state index in [1.165, 1.54) is 0 Å². The Labute approximate surface area is 37.4 Å². The molecule has 0 bridgehead atoms. The van der Waals surface area contributed by atoms with Gasteiger partial charge in [-0.3, -0.25) is 0 Å². The highest BCUT2D eigenvalue weighted by atomic mass is 31.1. The highest BCUT2D eigenvalue weighted by Crippen LogP contribution is 2.08. The molecular formula is C3H6N2P+. The first-order chi connectivity index (χ1) is 2.89. The number of H-pyrrole nitrogens is 1. The van der Waals surface area contributed by atoms with Gasteiger partial charge in [0.15, 0.2) is 0 Å². The third-order valence-corrected chi connectivity index (χ3v) is 1.58. The molecule has 0 amide bonds. The second-order valence-electron chi connectivity index (χ2n) is 1.11. The summed E-state index contributed by atoms with van der Waals surface area (Å²) >= 11 is 0. The van der Waals surface area contributed by atoms with E-state index in [2.05, 4.69) is 16.4 Å². The summed E-state index contributed by atoms with van der Waals surface area (Å²) in [5.74, 6) is 2.00. The first kappa shape index (κ1) is 3.82. The van der Waals surface area contributed by atoms with Crippen LogP contribution in [0.25, 0.3) is 0 Å². The van der Waals surface area contributed by atoms with Crippen LogP contribution in [0.15, 0.2) is 12.3 Å². The molecule has 0 saturated heterocycles. The standard InChI is InChI=1S/C3H5N2P/c1-6-3-4-2-5-6/h2-3H,1H3/p+1. The van der Waals surface area contributed by atoms with E-state index < -0.39 is 0 Å². The molecule has 1 N–H and O–H groups in total. The van der Waals surface area contributed by atoms with Gasteiger partial charge < -0.3 is 0 Å². The van der Waals surface area contributed by atoms with Crippen LogP contribution in [0.1, 0.15) is 0 Å². The quantitative estimate of drug-likeness (QED) is 0.465. The van der Waals surface area contributed by atoms with Crippen molar-refractivity contribution in [1.29, 1.82) is 0 Å². The van der Waals surface area contributed by atoms with Crippen molar-refractivity contribution in [2.24, 2.45) is 6.66 Å². The lowest BCUT2D eigenvalue weighted by molar-refractivity contribution is -0.373. The molecule has 1 aromatic heterocycles. The maximum Gasteiger partial charge on any atom is 0.287 e. The Morgan fingerprint density at radius 3 is 2.83 bits per heavy atom. The summed E-state index contributed by atoms with van der Waals surface area (Å²) in [6.45, 7) is 2.09. The molecule has 0 aliphatic rings. The van der Waals surface area contributed by atoms with E-state index in [1.54, 1.807) is 6.33 Å². The normalized spacial score (nSPS) is 11.8. The van der Waals surface area contributed by atoms with E-state index in [9.17, 15) is 0 Å². The van der Waals surface area contributed by atoms with E-state index in [4.69, 9.17) is 0 Å². The van der Waals surface area contributed by atoms with Crippen LogP contribution in [0.5, 0.6) is 0 Å². The number of hydrogen-bond acceptors (Lipinski definition) is 1. The predicted octanol–water partition coefficient (Wildman–Crippen LogP) is 0.419. The lowest BCUT2D eigenvalue weighted by atomic mass is 11.4. The van der Waals surface area contributed by atoms with Crippen molar-refractivity contribution in [1.82, 2.24) is 4.75 Å². The Balaban J connectivity index is 3.05. The maximum absolute atomic E-state index is 4.01. The maximum atomic E-state index is 4.01. The molecule has 0 radical (unpaired) electrons. The first-order valence-electron chi connectivity index (χ1n) is 1.74. The molecule has 0 saturated carbocycles. The fourth-order valence-electron chi connectivity index (χ4n) is 0.299. The molecule has 32 valence electrons. The fraction of sp³-hybridized carbons (Fsp3) is 0.333. The zero-order valence-electron chi connectivity index (χ0n) is 3.55. The second-order valence-corrected chi connectivity index (χ2v) is 2.75. The van der Waals surface area contributed by atoms with Gasteiger partial charge in [-0.1, -0.05) is 0 Å². The molecule has 0 aliphatic carbocycles. The van der Waals surface area contributed by atoms with Gasteiger partial charge in [-0.2, -0.15) is 0 Å². The van der Waals surface area contributed by atoms with Crippen molar-refractivity contribution >= 4 is 7.69 Å². The van der Waals surface area contributed by atoms with Crippen molar-refractivity contribution in [3.05, 3.63) is 12.3 Å². The summed E-state index contributed by atoms with van der Waals surface area (Å²) in [5.41, 5.74) is 0. The SMILES string of the molecule is Cp1c[nH+]cn1. The Kier molecular flexibility index (Phi) is 0.887. The van der Waals surface area contributed by atoms with E-state index in [0.29, 0.717) is 0 Å². The van der Waals surface area contributed by atoms with Gasteiger partial charge in [0.25, 0.3) is 6.33 Å². The minimum Gasteiger partial charge on any atom is -0.243 e. The number of nitrogens with zero attached hydrogens (tertiary/aromatic N) is 1. The molecule has 0 aliphatic heterocycles. The Morgan fingerprint density at radius 2 is 2.67 bits per heavy atom. The summed E-state index contributed by atoms with van der Waals surface area (Å²) in [7, 11) is -0.132. The molecule has 0 aromatic carbocycles. The number of aromatic nitrogens is 2. The van der Waals surface area contributed by atoms with Gasteiger partial charge >= 0.3 is 0 Å². The molecule has 1 atom stereocenters. The Bertz CT molecular complexity index is 112. The van der Waals surface area contributed by atoms with Gasteiger partial charge in [0, 0.05) is 6.66 Å². The summed E-state index contributed by atoms with van der Waals surface area (Å²) in [5, 5.41) is 0. The number of aryl methyl sites for hydroxylation is 1. The molecule has 6 heavy (non-hydrogen) atoms. The monoisotopic (exact) mass is 101 g/mol. The molecule has 2 nitrogen and oxygen atoms in total. The molecule has 0 fully saturated rings. The molecule has 1 aromatic rings. The van der Waals surface area contributed by atoms with Crippen LogP contribution in [0.3, 0.4) is 0 Å². The number of hydrogen-bond donors (Lipinski definition) is 0. The van der Waals surface area contributed by atoms with Crippen molar-refractivity contribution in [3.8, 4) is 0 Å². The molecule has 3 heteroatoms. The average molecular weight is 101 g/mol. The number of rotatable bonds is 0. The topological polar surface area (TPSA) is 27.0 Å². The van der Waals surface area contributed by atoms with Gasteiger partial charge in [-0.25, -0.2) is 4.98 Å². The Hall–Kier alpha value is -0.360. The van der Waals surface area contributed by atoms with Crippen LogP contribution in [-0.4, -0.2) is 4.75 Å². The Morgan fingerprint density at radius 1 is 1.83 bits per heavy atom. The minimum atomic E-state index is -0.132. The molecule has 1 unspecified atom stereocenters. The van der Waals surface area contributed by atoms with Crippen LogP contribution < -0.4 is 4.98 Å². The number of nitrogens with one attached hydrogen (secondary N) is 1. The zero-order chi connectivity index (χ0) is 4.41. The van der Waals surface area contributed by atoms with Gasteiger partial charge in [-0.05, 0) is 4.75 Å². The van der Waals surface area contributed by atoms with Crippen molar-refractivity contribution in [2.45, 2.75) is 0 Å². The van der Waals surface area contributed by atoms with Gasteiger partial charge in [0.05, 0.1) is 0 Å². The third kappa shape index (κ3) is 0.575. The van der Waals surface area contributed by atoms with Crippen molar-refractivity contribution in [2.75, 3.05) is 0 Å². The van der Waals surface area contributed by atoms with Crippen LogP contribution in [0.2, 0.25) is 0 Å². The lowest BCUT2D eigenvalue weighted by Crippen LogP contribution is -1.87. The van der Waals surface area contributed by atoms with Crippen LogP contribution in [0.4, 0.5) is 0 Å². The van der Waals surface area contributed by atoms with Crippen molar-refractivity contribution < 1.29 is 4.98 Å². The van der Waals surface area contributed by atoms with E-state index in [0.717, 1.165) is 0 Å².